The van der Waals surface area contributed by atoms with E-state index >= 15 is 0 Å². The van der Waals surface area contributed by atoms with Crippen LogP contribution in [0, 0.1) is 6.92 Å². The third kappa shape index (κ3) is 3.55. The van der Waals surface area contributed by atoms with Crippen LogP contribution in [0.4, 0.5) is 0 Å². The number of aliphatic hydroxyl groups excluding tert-OH is 1. The van der Waals surface area contributed by atoms with E-state index in [-0.39, 0.29) is 6.61 Å². The lowest BCUT2D eigenvalue weighted by molar-refractivity contribution is -0.134. The van der Waals surface area contributed by atoms with Crippen molar-refractivity contribution < 1.29 is 9.84 Å². The number of morpholine rings is 1. The molecule has 1 aliphatic heterocycles. The molecule has 0 radical (unpaired) electrons. The predicted octanol–water partition coefficient (Wildman–Crippen LogP) is 2.26. The third-order valence-electron chi connectivity index (χ3n) is 4.20. The highest BCUT2D eigenvalue weighted by atomic mass is 32.1. The molecule has 0 saturated carbocycles. The van der Waals surface area contributed by atoms with Crippen LogP contribution in [0.3, 0.4) is 0 Å². The lowest BCUT2D eigenvalue weighted by Crippen LogP contribution is -2.55. The van der Waals surface area contributed by atoms with Gasteiger partial charge in [0.05, 0.1) is 24.4 Å². The van der Waals surface area contributed by atoms with Crippen molar-refractivity contribution in [1.29, 1.82) is 0 Å². The Balaban J connectivity index is 1.70. The standard InChI is InChI=1S/C17H22N2O2S/c1-14-16(22-13-18-14)10-19-7-8-21-17(11-19,12-20)9-15-5-3-2-4-6-15/h2-6,13,20H,7-12H2,1H3. The van der Waals surface area contributed by atoms with E-state index in [1.54, 1.807) is 11.3 Å². The molecule has 118 valence electrons. The van der Waals surface area contributed by atoms with Crippen LogP contribution in [0.25, 0.3) is 0 Å². The minimum atomic E-state index is -0.502. The maximum Gasteiger partial charge on any atom is 0.108 e. The first-order valence-electron chi connectivity index (χ1n) is 7.61. The van der Waals surface area contributed by atoms with Gasteiger partial charge in [0.1, 0.15) is 5.60 Å². The SMILES string of the molecule is Cc1ncsc1CN1CCOC(CO)(Cc2ccccc2)C1. The maximum absolute atomic E-state index is 9.94. The largest absolute Gasteiger partial charge is 0.393 e. The number of thiazole rings is 1. The molecule has 1 saturated heterocycles. The number of aromatic nitrogens is 1. The molecule has 2 heterocycles. The monoisotopic (exact) mass is 318 g/mol. The van der Waals surface area contributed by atoms with Gasteiger partial charge in [0.15, 0.2) is 0 Å². The Kier molecular flexibility index (Phi) is 4.88. The fourth-order valence-corrected chi connectivity index (χ4v) is 3.78. The van der Waals surface area contributed by atoms with Crippen molar-refractivity contribution in [2.24, 2.45) is 0 Å². The first kappa shape index (κ1) is 15.6. The molecular formula is C17H22N2O2S. The second-order valence-corrected chi connectivity index (χ2v) is 6.86. The highest BCUT2D eigenvalue weighted by Gasteiger charge is 2.36. The van der Waals surface area contributed by atoms with Crippen molar-refractivity contribution in [3.05, 3.63) is 52.0 Å². The summed E-state index contributed by atoms with van der Waals surface area (Å²) in [5, 5.41) is 9.94. The summed E-state index contributed by atoms with van der Waals surface area (Å²) in [5.74, 6) is 0. The minimum Gasteiger partial charge on any atom is -0.393 e. The topological polar surface area (TPSA) is 45.6 Å². The Labute approximate surface area is 135 Å². The molecule has 0 spiro atoms. The van der Waals surface area contributed by atoms with Crippen LogP contribution >= 0.6 is 11.3 Å². The number of aliphatic hydroxyl groups is 1. The quantitative estimate of drug-likeness (QED) is 0.918. The number of ether oxygens (including phenoxy) is 1. The van der Waals surface area contributed by atoms with Crippen molar-refractivity contribution in [2.45, 2.75) is 25.5 Å². The van der Waals surface area contributed by atoms with Gasteiger partial charge in [-0.3, -0.25) is 4.90 Å². The van der Waals surface area contributed by atoms with Crippen molar-refractivity contribution >= 4 is 11.3 Å². The molecule has 0 bridgehead atoms. The van der Waals surface area contributed by atoms with E-state index in [1.165, 1.54) is 10.4 Å². The van der Waals surface area contributed by atoms with Gasteiger partial charge in [-0.1, -0.05) is 30.3 Å². The van der Waals surface area contributed by atoms with Crippen LogP contribution < -0.4 is 0 Å². The van der Waals surface area contributed by atoms with E-state index < -0.39 is 5.60 Å². The first-order valence-corrected chi connectivity index (χ1v) is 8.49. The fourth-order valence-electron chi connectivity index (χ4n) is 2.97. The minimum absolute atomic E-state index is 0.0417. The van der Waals surface area contributed by atoms with Gasteiger partial charge in [-0.15, -0.1) is 11.3 Å². The Morgan fingerprint density at radius 2 is 2.18 bits per heavy atom. The molecule has 1 N–H and O–H groups in total. The summed E-state index contributed by atoms with van der Waals surface area (Å²) < 4.78 is 5.99. The fraction of sp³-hybridized carbons (Fsp3) is 0.471. The number of hydrogen-bond acceptors (Lipinski definition) is 5. The predicted molar refractivity (Wildman–Crippen MR) is 88.0 cm³/mol. The normalized spacial score (nSPS) is 22.8. The van der Waals surface area contributed by atoms with Gasteiger partial charge in [0, 0.05) is 30.9 Å². The van der Waals surface area contributed by atoms with Gasteiger partial charge >= 0.3 is 0 Å². The molecule has 1 aromatic heterocycles. The van der Waals surface area contributed by atoms with E-state index in [2.05, 4.69) is 28.9 Å². The van der Waals surface area contributed by atoms with Crippen LogP contribution in [0.15, 0.2) is 35.8 Å². The molecule has 1 unspecified atom stereocenters. The van der Waals surface area contributed by atoms with E-state index in [4.69, 9.17) is 4.74 Å². The van der Waals surface area contributed by atoms with E-state index in [0.717, 1.165) is 31.7 Å². The highest BCUT2D eigenvalue weighted by Crippen LogP contribution is 2.25. The molecule has 22 heavy (non-hydrogen) atoms. The van der Waals surface area contributed by atoms with E-state index in [9.17, 15) is 5.11 Å². The summed E-state index contributed by atoms with van der Waals surface area (Å²) in [6.07, 6.45) is 0.739. The van der Waals surface area contributed by atoms with Gasteiger partial charge in [0.2, 0.25) is 0 Å². The Morgan fingerprint density at radius 1 is 1.36 bits per heavy atom. The number of benzene rings is 1. The molecule has 0 aliphatic carbocycles. The molecule has 0 amide bonds. The summed E-state index contributed by atoms with van der Waals surface area (Å²) in [4.78, 5) is 7.98. The zero-order valence-corrected chi connectivity index (χ0v) is 13.7. The highest BCUT2D eigenvalue weighted by molar-refractivity contribution is 7.09. The number of aryl methyl sites for hydroxylation is 1. The molecule has 2 aromatic rings. The number of nitrogens with zero attached hydrogens (tertiary/aromatic N) is 2. The van der Waals surface area contributed by atoms with E-state index in [0.29, 0.717) is 6.61 Å². The van der Waals surface area contributed by atoms with Crippen molar-refractivity contribution in [3.63, 3.8) is 0 Å². The number of rotatable bonds is 5. The zero-order chi connectivity index (χ0) is 15.4. The lowest BCUT2D eigenvalue weighted by atomic mass is 9.93. The van der Waals surface area contributed by atoms with Crippen molar-refractivity contribution in [1.82, 2.24) is 9.88 Å². The number of hydrogen-bond donors (Lipinski definition) is 1. The molecule has 1 fully saturated rings. The summed E-state index contributed by atoms with van der Waals surface area (Å²) in [6.45, 7) is 5.28. The van der Waals surface area contributed by atoms with Crippen LogP contribution in [-0.4, -0.2) is 46.9 Å². The van der Waals surface area contributed by atoms with E-state index in [1.807, 2.05) is 23.7 Å². The van der Waals surface area contributed by atoms with Crippen molar-refractivity contribution in [3.8, 4) is 0 Å². The molecule has 5 heteroatoms. The summed E-state index contributed by atoms with van der Waals surface area (Å²) in [6, 6.07) is 10.2. The van der Waals surface area contributed by atoms with Crippen LogP contribution in [-0.2, 0) is 17.7 Å². The third-order valence-corrected chi connectivity index (χ3v) is 5.12. The summed E-state index contributed by atoms with van der Waals surface area (Å²) in [7, 11) is 0. The Morgan fingerprint density at radius 3 is 2.86 bits per heavy atom. The average molecular weight is 318 g/mol. The average Bonchev–Trinajstić information content (AvgIpc) is 2.94. The second kappa shape index (κ2) is 6.87. The Bertz CT molecular complexity index is 602. The maximum atomic E-state index is 9.94. The second-order valence-electron chi connectivity index (χ2n) is 5.92. The Hall–Kier alpha value is -1.27. The van der Waals surface area contributed by atoms with Gasteiger partial charge in [-0.05, 0) is 12.5 Å². The van der Waals surface area contributed by atoms with Crippen molar-refractivity contribution in [2.75, 3.05) is 26.3 Å². The zero-order valence-electron chi connectivity index (χ0n) is 12.9. The van der Waals surface area contributed by atoms with Crippen LogP contribution in [0.1, 0.15) is 16.1 Å². The molecule has 4 nitrogen and oxygen atoms in total. The smallest absolute Gasteiger partial charge is 0.108 e. The first-order chi connectivity index (χ1) is 10.7. The lowest BCUT2D eigenvalue weighted by Gasteiger charge is -2.41. The molecule has 1 atom stereocenters. The van der Waals surface area contributed by atoms with Gasteiger partial charge in [-0.2, -0.15) is 0 Å². The summed E-state index contributed by atoms with van der Waals surface area (Å²) in [5.41, 5.74) is 3.70. The van der Waals surface area contributed by atoms with Gasteiger partial charge in [0.25, 0.3) is 0 Å². The molecule has 1 aliphatic rings. The van der Waals surface area contributed by atoms with Gasteiger partial charge < -0.3 is 9.84 Å². The van der Waals surface area contributed by atoms with Gasteiger partial charge in [-0.25, -0.2) is 4.98 Å². The molecule has 3 rings (SSSR count). The van der Waals surface area contributed by atoms with Crippen LogP contribution in [0.2, 0.25) is 0 Å². The summed E-state index contributed by atoms with van der Waals surface area (Å²) >= 11 is 1.70. The molecule has 1 aromatic carbocycles. The van der Waals surface area contributed by atoms with Crippen LogP contribution in [0.5, 0.6) is 0 Å². The molecular weight excluding hydrogens is 296 g/mol.